The predicted molar refractivity (Wildman–Crippen MR) is 65.7 cm³/mol. The summed E-state index contributed by atoms with van der Waals surface area (Å²) < 4.78 is 5.03. The minimum Gasteiger partial charge on any atom is -0.377 e. The molecule has 5 heteroatoms. The van der Waals surface area contributed by atoms with E-state index < -0.39 is 0 Å². The quantitative estimate of drug-likeness (QED) is 0.692. The van der Waals surface area contributed by atoms with Gasteiger partial charge in [-0.2, -0.15) is 0 Å². The van der Waals surface area contributed by atoms with E-state index in [1.54, 1.807) is 7.11 Å². The number of nitrogens with one attached hydrogen (secondary N) is 2. The molecule has 1 aromatic rings. The molecule has 0 bridgehead atoms. The van der Waals surface area contributed by atoms with Crippen LogP contribution in [0.5, 0.6) is 0 Å². The van der Waals surface area contributed by atoms with Crippen LogP contribution in [0.3, 0.4) is 0 Å². The Hall–Kier alpha value is -1.36. The Bertz CT molecular complexity index is 317. The Labute approximate surface area is 96.6 Å². The van der Waals surface area contributed by atoms with Crippen LogP contribution in [0.4, 0.5) is 11.6 Å². The van der Waals surface area contributed by atoms with Crippen LogP contribution in [-0.2, 0) is 11.3 Å². The first-order chi connectivity index (χ1) is 7.80. The van der Waals surface area contributed by atoms with Crippen LogP contribution in [0, 0.1) is 0 Å². The SMILES string of the molecule is CCCCNc1cc(NC)nc(COC)n1. The minimum absolute atomic E-state index is 0.429. The number of hydrogen-bond acceptors (Lipinski definition) is 5. The third-order valence-electron chi connectivity index (χ3n) is 2.14. The van der Waals surface area contributed by atoms with Crippen molar-refractivity contribution in [3.05, 3.63) is 11.9 Å². The predicted octanol–water partition coefficient (Wildman–Crippen LogP) is 1.88. The molecule has 2 N–H and O–H groups in total. The third kappa shape index (κ3) is 4.02. The first-order valence-corrected chi connectivity index (χ1v) is 5.58. The van der Waals surface area contributed by atoms with Crippen molar-refractivity contribution < 1.29 is 4.74 Å². The Morgan fingerprint density at radius 1 is 1.31 bits per heavy atom. The normalized spacial score (nSPS) is 10.2. The van der Waals surface area contributed by atoms with Crippen LogP contribution >= 0.6 is 0 Å². The Morgan fingerprint density at radius 3 is 2.69 bits per heavy atom. The van der Waals surface area contributed by atoms with Gasteiger partial charge in [0.1, 0.15) is 18.2 Å². The molecule has 0 aliphatic rings. The summed E-state index contributed by atoms with van der Waals surface area (Å²) in [6.07, 6.45) is 2.31. The van der Waals surface area contributed by atoms with Crippen molar-refractivity contribution in [1.82, 2.24) is 9.97 Å². The van der Waals surface area contributed by atoms with E-state index in [-0.39, 0.29) is 0 Å². The average Bonchev–Trinajstić information content (AvgIpc) is 2.29. The third-order valence-corrected chi connectivity index (χ3v) is 2.14. The summed E-state index contributed by atoms with van der Waals surface area (Å²) >= 11 is 0. The molecule has 0 atom stereocenters. The summed E-state index contributed by atoms with van der Waals surface area (Å²) in [5.74, 6) is 2.34. The number of anilines is 2. The molecule has 16 heavy (non-hydrogen) atoms. The van der Waals surface area contributed by atoms with E-state index in [0.29, 0.717) is 12.4 Å². The molecule has 90 valence electrons. The van der Waals surface area contributed by atoms with Crippen LogP contribution in [0.25, 0.3) is 0 Å². The second-order valence-electron chi connectivity index (χ2n) is 3.52. The topological polar surface area (TPSA) is 59.1 Å². The van der Waals surface area contributed by atoms with Crippen LogP contribution in [0.1, 0.15) is 25.6 Å². The molecule has 1 rings (SSSR count). The fourth-order valence-electron chi connectivity index (χ4n) is 1.30. The van der Waals surface area contributed by atoms with E-state index in [1.807, 2.05) is 13.1 Å². The van der Waals surface area contributed by atoms with E-state index in [2.05, 4.69) is 27.5 Å². The van der Waals surface area contributed by atoms with Gasteiger partial charge in [0.2, 0.25) is 0 Å². The van der Waals surface area contributed by atoms with E-state index in [9.17, 15) is 0 Å². The van der Waals surface area contributed by atoms with Gasteiger partial charge >= 0.3 is 0 Å². The molecule has 0 aliphatic carbocycles. The molecule has 0 amide bonds. The molecule has 0 radical (unpaired) electrons. The van der Waals surface area contributed by atoms with E-state index in [0.717, 1.165) is 24.6 Å². The summed E-state index contributed by atoms with van der Waals surface area (Å²) in [5, 5.41) is 6.28. The maximum absolute atomic E-state index is 5.03. The zero-order chi connectivity index (χ0) is 11.8. The van der Waals surface area contributed by atoms with Gasteiger partial charge in [0.15, 0.2) is 5.82 Å². The van der Waals surface area contributed by atoms with Crippen molar-refractivity contribution in [2.75, 3.05) is 31.3 Å². The Kier molecular flexibility index (Phi) is 5.56. The molecule has 0 unspecified atom stereocenters. The molecule has 0 aliphatic heterocycles. The van der Waals surface area contributed by atoms with Gasteiger partial charge in [-0.1, -0.05) is 13.3 Å². The van der Waals surface area contributed by atoms with Crippen LogP contribution in [0.15, 0.2) is 6.07 Å². The van der Waals surface area contributed by atoms with Crippen molar-refractivity contribution in [1.29, 1.82) is 0 Å². The van der Waals surface area contributed by atoms with E-state index in [4.69, 9.17) is 4.74 Å². The number of unbranched alkanes of at least 4 members (excludes halogenated alkanes) is 1. The van der Waals surface area contributed by atoms with Crippen molar-refractivity contribution in [3.8, 4) is 0 Å². The van der Waals surface area contributed by atoms with Crippen molar-refractivity contribution in [2.24, 2.45) is 0 Å². The average molecular weight is 224 g/mol. The zero-order valence-corrected chi connectivity index (χ0v) is 10.2. The smallest absolute Gasteiger partial charge is 0.158 e. The lowest BCUT2D eigenvalue weighted by atomic mass is 10.3. The van der Waals surface area contributed by atoms with E-state index >= 15 is 0 Å². The molecule has 0 saturated heterocycles. The first-order valence-electron chi connectivity index (χ1n) is 5.58. The molecular formula is C11H20N4O. The summed E-state index contributed by atoms with van der Waals surface area (Å²) in [5.41, 5.74) is 0. The first kappa shape index (κ1) is 12.7. The van der Waals surface area contributed by atoms with Gasteiger partial charge < -0.3 is 15.4 Å². The number of hydrogen-bond donors (Lipinski definition) is 2. The fourth-order valence-corrected chi connectivity index (χ4v) is 1.30. The van der Waals surface area contributed by atoms with Gasteiger partial charge in [-0.25, -0.2) is 9.97 Å². The summed E-state index contributed by atoms with van der Waals surface area (Å²) in [6.45, 7) is 3.53. The van der Waals surface area contributed by atoms with Crippen molar-refractivity contribution in [3.63, 3.8) is 0 Å². The summed E-state index contributed by atoms with van der Waals surface area (Å²) in [7, 11) is 3.48. The molecule has 0 aromatic carbocycles. The molecule has 5 nitrogen and oxygen atoms in total. The number of aromatic nitrogens is 2. The van der Waals surface area contributed by atoms with Gasteiger partial charge in [0, 0.05) is 26.8 Å². The maximum Gasteiger partial charge on any atom is 0.158 e. The minimum atomic E-state index is 0.429. The van der Waals surface area contributed by atoms with Gasteiger partial charge in [-0.3, -0.25) is 0 Å². The number of nitrogens with zero attached hydrogens (tertiary/aromatic N) is 2. The molecule has 0 spiro atoms. The number of methoxy groups -OCH3 is 1. The number of ether oxygens (including phenoxy) is 1. The molecular weight excluding hydrogens is 204 g/mol. The highest BCUT2D eigenvalue weighted by atomic mass is 16.5. The monoisotopic (exact) mass is 224 g/mol. The highest BCUT2D eigenvalue weighted by molar-refractivity contribution is 5.47. The fraction of sp³-hybridized carbons (Fsp3) is 0.636. The van der Waals surface area contributed by atoms with Crippen molar-refractivity contribution in [2.45, 2.75) is 26.4 Å². The Balaban J connectivity index is 2.69. The highest BCUT2D eigenvalue weighted by Crippen LogP contribution is 2.11. The molecule has 1 aromatic heterocycles. The largest absolute Gasteiger partial charge is 0.377 e. The maximum atomic E-state index is 5.03. The molecule has 0 fully saturated rings. The zero-order valence-electron chi connectivity index (χ0n) is 10.2. The lowest BCUT2D eigenvalue weighted by molar-refractivity contribution is 0.178. The summed E-state index contributed by atoms with van der Waals surface area (Å²) in [4.78, 5) is 8.64. The van der Waals surface area contributed by atoms with Crippen LogP contribution < -0.4 is 10.6 Å². The van der Waals surface area contributed by atoms with Gasteiger partial charge in [0.25, 0.3) is 0 Å². The molecule has 1 heterocycles. The second kappa shape index (κ2) is 7.00. The summed E-state index contributed by atoms with van der Waals surface area (Å²) in [6, 6.07) is 1.90. The van der Waals surface area contributed by atoms with Crippen molar-refractivity contribution >= 4 is 11.6 Å². The van der Waals surface area contributed by atoms with Gasteiger partial charge in [-0.15, -0.1) is 0 Å². The van der Waals surface area contributed by atoms with Crippen LogP contribution in [-0.4, -0.2) is 30.7 Å². The lowest BCUT2D eigenvalue weighted by Gasteiger charge is -2.08. The lowest BCUT2D eigenvalue weighted by Crippen LogP contribution is -2.08. The second-order valence-corrected chi connectivity index (χ2v) is 3.52. The standard InChI is InChI=1S/C11H20N4O/c1-4-5-6-13-10-7-9(12-2)14-11(15-10)8-16-3/h7H,4-6,8H2,1-3H3,(H2,12,13,14,15). The molecule has 0 saturated carbocycles. The van der Waals surface area contributed by atoms with Crippen LogP contribution in [0.2, 0.25) is 0 Å². The highest BCUT2D eigenvalue weighted by Gasteiger charge is 2.02. The van der Waals surface area contributed by atoms with Gasteiger partial charge in [-0.05, 0) is 6.42 Å². The number of rotatable bonds is 7. The van der Waals surface area contributed by atoms with Gasteiger partial charge in [0.05, 0.1) is 0 Å². The van der Waals surface area contributed by atoms with E-state index in [1.165, 1.54) is 6.42 Å². The Morgan fingerprint density at radius 2 is 2.06 bits per heavy atom.